The van der Waals surface area contributed by atoms with Crippen LogP contribution in [-0.4, -0.2) is 24.4 Å². The van der Waals surface area contributed by atoms with Crippen LogP contribution in [-0.2, 0) is 4.79 Å². The number of benzene rings is 1. The third-order valence-corrected chi connectivity index (χ3v) is 3.27. The van der Waals surface area contributed by atoms with Crippen LogP contribution in [0, 0.1) is 0 Å². The second-order valence-electron chi connectivity index (χ2n) is 4.83. The lowest BCUT2D eigenvalue weighted by molar-refractivity contribution is -0.117. The fraction of sp³-hybridized carbons (Fsp3) is 0.467. The lowest BCUT2D eigenvalue weighted by atomic mass is 10.1. The molecule has 2 amide bonds. The zero-order valence-electron chi connectivity index (χ0n) is 12.8. The number of halogens is 2. The van der Waals surface area contributed by atoms with E-state index < -0.39 is 6.04 Å². The van der Waals surface area contributed by atoms with Gasteiger partial charge >= 0.3 is 0 Å². The maximum absolute atomic E-state index is 11.8. The Labute approximate surface area is 142 Å². The molecule has 0 aromatic heterocycles. The Morgan fingerprint density at radius 2 is 1.95 bits per heavy atom. The van der Waals surface area contributed by atoms with Crippen molar-refractivity contribution in [2.45, 2.75) is 39.2 Å². The second kappa shape index (κ2) is 10.4. The zero-order chi connectivity index (χ0) is 15.8. The molecule has 0 fully saturated rings. The molecule has 1 unspecified atom stereocenters. The van der Waals surface area contributed by atoms with Crippen molar-refractivity contribution in [3.63, 3.8) is 0 Å². The molecule has 5 nitrogen and oxygen atoms in total. The molecule has 0 aliphatic heterocycles. The molecule has 0 bridgehead atoms. The Hall–Kier alpha value is -1.30. The van der Waals surface area contributed by atoms with Crippen molar-refractivity contribution in [2.75, 3.05) is 11.9 Å². The van der Waals surface area contributed by atoms with E-state index in [1.54, 1.807) is 18.2 Å². The molecule has 0 heterocycles. The maximum Gasteiger partial charge on any atom is 0.252 e. The van der Waals surface area contributed by atoms with E-state index in [9.17, 15) is 9.59 Å². The highest BCUT2D eigenvalue weighted by Crippen LogP contribution is 2.21. The minimum atomic E-state index is -0.540. The number of carbonyl (C=O) groups is 2. The fourth-order valence-corrected chi connectivity index (χ4v) is 2.05. The molecule has 124 valence electrons. The molecule has 1 aromatic rings. The minimum Gasteiger partial charge on any atom is -0.352 e. The maximum atomic E-state index is 11.8. The summed E-state index contributed by atoms with van der Waals surface area (Å²) in [6.07, 6.45) is 2.32. The molecule has 0 aliphatic carbocycles. The monoisotopic (exact) mass is 347 g/mol. The van der Waals surface area contributed by atoms with Gasteiger partial charge in [0, 0.05) is 12.2 Å². The predicted molar refractivity (Wildman–Crippen MR) is 92.8 cm³/mol. The van der Waals surface area contributed by atoms with E-state index in [4.69, 9.17) is 17.3 Å². The van der Waals surface area contributed by atoms with E-state index in [0.717, 1.165) is 12.8 Å². The predicted octanol–water partition coefficient (Wildman–Crippen LogP) is 2.97. The largest absolute Gasteiger partial charge is 0.352 e. The van der Waals surface area contributed by atoms with Gasteiger partial charge in [-0.15, -0.1) is 12.4 Å². The molecule has 0 saturated heterocycles. The number of nitrogens with one attached hydrogen (secondary N) is 2. The number of hydrogen-bond acceptors (Lipinski definition) is 3. The van der Waals surface area contributed by atoms with Crippen molar-refractivity contribution < 1.29 is 9.59 Å². The molecule has 7 heteroatoms. The molecule has 0 saturated carbocycles. The van der Waals surface area contributed by atoms with Crippen LogP contribution >= 0.6 is 24.0 Å². The van der Waals surface area contributed by atoms with E-state index in [2.05, 4.69) is 10.6 Å². The highest BCUT2D eigenvalue weighted by molar-refractivity contribution is 6.34. The van der Waals surface area contributed by atoms with E-state index in [1.165, 1.54) is 0 Å². The summed E-state index contributed by atoms with van der Waals surface area (Å²) in [6, 6.07) is 4.25. The van der Waals surface area contributed by atoms with Crippen molar-refractivity contribution in [1.29, 1.82) is 0 Å². The Morgan fingerprint density at radius 1 is 1.27 bits per heavy atom. The number of carbonyl (C=O) groups excluding carboxylic acids is 2. The molecule has 22 heavy (non-hydrogen) atoms. The molecule has 0 radical (unpaired) electrons. The van der Waals surface area contributed by atoms with Crippen LogP contribution in [0.25, 0.3) is 0 Å². The first-order valence-electron chi connectivity index (χ1n) is 7.13. The van der Waals surface area contributed by atoms with E-state index in [1.807, 2.05) is 13.8 Å². The van der Waals surface area contributed by atoms with Gasteiger partial charge in [0.05, 0.1) is 16.6 Å². The van der Waals surface area contributed by atoms with Gasteiger partial charge < -0.3 is 16.4 Å². The van der Waals surface area contributed by atoms with Gasteiger partial charge in [-0.25, -0.2) is 0 Å². The van der Waals surface area contributed by atoms with Crippen LogP contribution in [0.3, 0.4) is 0 Å². The minimum absolute atomic E-state index is 0. The lowest BCUT2D eigenvalue weighted by Gasteiger charge is -2.12. The quantitative estimate of drug-likeness (QED) is 0.708. The molecule has 1 rings (SSSR count). The van der Waals surface area contributed by atoms with Crippen LogP contribution in [0.5, 0.6) is 0 Å². The third-order valence-electron chi connectivity index (χ3n) is 2.95. The summed E-state index contributed by atoms with van der Waals surface area (Å²) in [5, 5.41) is 5.75. The fourth-order valence-electron chi connectivity index (χ4n) is 1.79. The summed E-state index contributed by atoms with van der Waals surface area (Å²) in [4.78, 5) is 23.7. The Kier molecular flexibility index (Phi) is 9.81. The average Bonchev–Trinajstić information content (AvgIpc) is 2.45. The summed E-state index contributed by atoms with van der Waals surface area (Å²) in [5.41, 5.74) is 6.66. The standard InChI is InChI=1S/C15H22ClN3O2.ClH/c1-3-5-13(17)15(21)19-10-6-7-11(12(16)9-10)14(20)18-8-4-2;/h6-7,9,13H,3-5,8,17H2,1-2H3,(H,18,20)(H,19,21);1H. The van der Waals surface area contributed by atoms with Gasteiger partial charge in [0.15, 0.2) is 0 Å². The van der Waals surface area contributed by atoms with Crippen LogP contribution in [0.4, 0.5) is 5.69 Å². The van der Waals surface area contributed by atoms with Crippen molar-refractivity contribution in [2.24, 2.45) is 5.73 Å². The molecule has 1 atom stereocenters. The summed E-state index contributed by atoms with van der Waals surface area (Å²) in [6.45, 7) is 4.54. The first-order valence-corrected chi connectivity index (χ1v) is 7.51. The van der Waals surface area contributed by atoms with E-state index >= 15 is 0 Å². The average molecular weight is 348 g/mol. The van der Waals surface area contributed by atoms with Crippen LogP contribution in [0.15, 0.2) is 18.2 Å². The van der Waals surface area contributed by atoms with E-state index in [0.29, 0.717) is 29.2 Å². The Balaban J connectivity index is 0.00000441. The van der Waals surface area contributed by atoms with Crippen LogP contribution in [0.2, 0.25) is 5.02 Å². The van der Waals surface area contributed by atoms with Gasteiger partial charge in [0.1, 0.15) is 0 Å². The van der Waals surface area contributed by atoms with Crippen LogP contribution < -0.4 is 16.4 Å². The number of amides is 2. The number of nitrogens with two attached hydrogens (primary N) is 1. The molecule has 0 aliphatic rings. The van der Waals surface area contributed by atoms with Gasteiger partial charge in [-0.1, -0.05) is 31.9 Å². The summed E-state index contributed by atoms with van der Waals surface area (Å²) in [5.74, 6) is -0.474. The van der Waals surface area contributed by atoms with Crippen molar-refractivity contribution in [3.8, 4) is 0 Å². The topological polar surface area (TPSA) is 84.2 Å². The third kappa shape index (κ3) is 6.22. The number of hydrogen-bond donors (Lipinski definition) is 3. The van der Waals surface area contributed by atoms with Gasteiger partial charge in [0.2, 0.25) is 5.91 Å². The molecule has 4 N–H and O–H groups in total. The first kappa shape index (κ1) is 20.7. The highest BCUT2D eigenvalue weighted by atomic mass is 35.5. The summed E-state index contributed by atoms with van der Waals surface area (Å²) < 4.78 is 0. The normalized spacial score (nSPS) is 11.3. The molecular weight excluding hydrogens is 325 g/mol. The van der Waals surface area contributed by atoms with Crippen molar-refractivity contribution >= 4 is 41.5 Å². The number of rotatable bonds is 7. The van der Waals surface area contributed by atoms with Gasteiger partial charge in [-0.05, 0) is 31.0 Å². The molecule has 1 aromatic carbocycles. The zero-order valence-corrected chi connectivity index (χ0v) is 14.4. The smallest absolute Gasteiger partial charge is 0.252 e. The highest BCUT2D eigenvalue weighted by Gasteiger charge is 2.14. The first-order chi connectivity index (χ1) is 9.99. The Morgan fingerprint density at radius 3 is 2.50 bits per heavy atom. The lowest BCUT2D eigenvalue weighted by Crippen LogP contribution is -2.35. The van der Waals surface area contributed by atoms with Crippen molar-refractivity contribution in [3.05, 3.63) is 28.8 Å². The summed E-state index contributed by atoms with van der Waals surface area (Å²) >= 11 is 6.08. The van der Waals surface area contributed by atoms with Gasteiger partial charge in [-0.3, -0.25) is 9.59 Å². The Bertz CT molecular complexity index is 510. The van der Waals surface area contributed by atoms with Gasteiger partial charge in [-0.2, -0.15) is 0 Å². The van der Waals surface area contributed by atoms with Gasteiger partial charge in [0.25, 0.3) is 5.91 Å². The van der Waals surface area contributed by atoms with Crippen molar-refractivity contribution in [1.82, 2.24) is 5.32 Å². The summed E-state index contributed by atoms with van der Waals surface area (Å²) in [7, 11) is 0. The molecule has 0 spiro atoms. The molecular formula is C15H23Cl2N3O2. The van der Waals surface area contributed by atoms with Crippen LogP contribution in [0.1, 0.15) is 43.5 Å². The second-order valence-corrected chi connectivity index (χ2v) is 5.24. The SMILES string of the molecule is CCCNC(=O)c1ccc(NC(=O)C(N)CCC)cc1Cl.Cl. The number of anilines is 1. The van der Waals surface area contributed by atoms with E-state index in [-0.39, 0.29) is 24.2 Å².